The predicted octanol–water partition coefficient (Wildman–Crippen LogP) is 1.67. The van der Waals surface area contributed by atoms with Crippen LogP contribution in [0.15, 0.2) is 23.4 Å². The van der Waals surface area contributed by atoms with Crippen molar-refractivity contribution in [1.82, 2.24) is 10.6 Å². The second-order valence-electron chi connectivity index (χ2n) is 5.68. The number of allylic oxidation sites excluding steroid dienone is 1. The van der Waals surface area contributed by atoms with Crippen molar-refractivity contribution in [2.24, 2.45) is 0 Å². The summed E-state index contributed by atoms with van der Waals surface area (Å²) in [6, 6.07) is 3.60. The molecule has 0 saturated carbocycles. The van der Waals surface area contributed by atoms with Crippen molar-refractivity contribution in [3.63, 3.8) is 0 Å². The fraction of sp³-hybridized carbons (Fsp3) is 0.353. The van der Waals surface area contributed by atoms with Gasteiger partial charge in [0.1, 0.15) is 0 Å². The lowest BCUT2D eigenvalue weighted by atomic mass is 9.89. The number of alkyl halides is 3. The van der Waals surface area contributed by atoms with E-state index in [1.54, 1.807) is 5.32 Å². The Balaban J connectivity index is 2.59. The topological polar surface area (TPSA) is 110 Å². The fourth-order valence-electron chi connectivity index (χ4n) is 2.80. The predicted molar refractivity (Wildman–Crippen MR) is 88.8 cm³/mol. The number of hydrogen-bond donors (Lipinski definition) is 2. The second kappa shape index (κ2) is 7.30. The van der Waals surface area contributed by atoms with Crippen LogP contribution in [0.4, 0.5) is 13.2 Å². The normalized spacial score (nSPS) is 19.0. The minimum Gasteiger partial charge on any atom is -0.493 e. The monoisotopic (exact) mass is 399 g/mol. The number of rotatable bonds is 5. The van der Waals surface area contributed by atoms with Gasteiger partial charge in [0.15, 0.2) is 11.5 Å². The van der Waals surface area contributed by atoms with Crippen LogP contribution < -0.4 is 24.8 Å². The Kier molecular flexibility index (Phi) is 5.45. The van der Waals surface area contributed by atoms with Crippen LogP contribution in [0.2, 0.25) is 0 Å². The fourth-order valence-corrected chi connectivity index (χ4v) is 2.80. The van der Waals surface area contributed by atoms with Crippen molar-refractivity contribution in [3.05, 3.63) is 29.0 Å². The number of halogens is 3. The Morgan fingerprint density at radius 3 is 2.11 bits per heavy atom. The van der Waals surface area contributed by atoms with Crippen LogP contribution in [0.3, 0.4) is 0 Å². The number of nitrogens with one attached hydrogen (secondary N) is 2. The van der Waals surface area contributed by atoms with Crippen LogP contribution in [0.25, 0.3) is 0 Å². The smallest absolute Gasteiger partial charge is 0.425 e. The molecule has 0 unspecified atom stereocenters. The second-order valence-corrected chi connectivity index (χ2v) is 5.68. The van der Waals surface area contributed by atoms with Gasteiger partial charge in [-0.2, -0.15) is 18.4 Å². The number of nitriles is 1. The summed E-state index contributed by atoms with van der Waals surface area (Å²) < 4.78 is 56.7. The van der Waals surface area contributed by atoms with Gasteiger partial charge in [-0.15, -0.1) is 0 Å². The molecule has 150 valence electrons. The van der Waals surface area contributed by atoms with E-state index in [2.05, 4.69) is 0 Å². The van der Waals surface area contributed by atoms with Gasteiger partial charge in [0, 0.05) is 11.3 Å². The van der Waals surface area contributed by atoms with Gasteiger partial charge in [0.25, 0.3) is 17.4 Å². The minimum atomic E-state index is -5.27. The molecule has 1 atom stereocenters. The Morgan fingerprint density at radius 2 is 1.71 bits per heavy atom. The molecule has 1 aliphatic rings. The van der Waals surface area contributed by atoms with Crippen molar-refractivity contribution in [1.29, 1.82) is 5.26 Å². The molecule has 0 aliphatic carbocycles. The molecular weight excluding hydrogens is 383 g/mol. The van der Waals surface area contributed by atoms with Crippen molar-refractivity contribution >= 4 is 11.8 Å². The number of hydrogen-bond acceptors (Lipinski definition) is 6. The van der Waals surface area contributed by atoms with E-state index in [1.807, 2.05) is 5.32 Å². The molecule has 1 heterocycles. The van der Waals surface area contributed by atoms with Gasteiger partial charge in [-0.05, 0) is 19.1 Å². The summed E-state index contributed by atoms with van der Waals surface area (Å²) in [6.45, 7) is 1.13. The molecule has 0 aromatic heterocycles. The molecule has 8 nitrogen and oxygen atoms in total. The average Bonchev–Trinajstić information content (AvgIpc) is 2.89. The summed E-state index contributed by atoms with van der Waals surface area (Å²) in [5, 5.41) is 12.8. The highest BCUT2D eigenvalue weighted by Gasteiger charge is 2.67. The molecule has 0 radical (unpaired) electrons. The van der Waals surface area contributed by atoms with Crippen molar-refractivity contribution < 1.29 is 37.0 Å². The van der Waals surface area contributed by atoms with E-state index in [-0.39, 0.29) is 28.5 Å². The quantitative estimate of drug-likeness (QED) is 0.780. The highest BCUT2D eigenvalue weighted by atomic mass is 19.4. The van der Waals surface area contributed by atoms with Gasteiger partial charge in [-0.3, -0.25) is 9.59 Å². The molecule has 11 heteroatoms. The van der Waals surface area contributed by atoms with Gasteiger partial charge < -0.3 is 24.8 Å². The molecule has 28 heavy (non-hydrogen) atoms. The number of nitrogens with zero attached hydrogens (tertiary/aromatic N) is 1. The first-order valence-corrected chi connectivity index (χ1v) is 7.69. The van der Waals surface area contributed by atoms with E-state index in [0.717, 1.165) is 19.1 Å². The van der Waals surface area contributed by atoms with Gasteiger partial charge in [-0.25, -0.2) is 0 Å². The lowest BCUT2D eigenvalue weighted by Gasteiger charge is -2.30. The minimum absolute atomic E-state index is 0.0242. The highest BCUT2D eigenvalue weighted by molar-refractivity contribution is 6.05. The molecule has 2 amide bonds. The van der Waals surface area contributed by atoms with Crippen LogP contribution >= 0.6 is 0 Å². The third-order valence-corrected chi connectivity index (χ3v) is 4.16. The summed E-state index contributed by atoms with van der Waals surface area (Å²) >= 11 is 0. The Morgan fingerprint density at radius 1 is 1.18 bits per heavy atom. The Bertz CT molecular complexity index is 879. The van der Waals surface area contributed by atoms with Crippen LogP contribution in [-0.4, -0.2) is 44.9 Å². The maximum atomic E-state index is 13.8. The van der Waals surface area contributed by atoms with Crippen molar-refractivity contribution in [2.45, 2.75) is 18.6 Å². The van der Waals surface area contributed by atoms with E-state index in [0.29, 0.717) is 0 Å². The van der Waals surface area contributed by atoms with Crippen LogP contribution in [0.5, 0.6) is 17.2 Å². The van der Waals surface area contributed by atoms with E-state index < -0.39 is 29.1 Å². The first-order valence-electron chi connectivity index (χ1n) is 7.69. The molecule has 1 aliphatic heterocycles. The van der Waals surface area contributed by atoms with Crippen LogP contribution in [0, 0.1) is 11.3 Å². The Labute approximate surface area is 157 Å². The van der Waals surface area contributed by atoms with Gasteiger partial charge in [0.2, 0.25) is 5.75 Å². The third-order valence-electron chi connectivity index (χ3n) is 4.16. The number of amides is 2. The maximum Gasteiger partial charge on any atom is 0.425 e. The zero-order valence-electron chi connectivity index (χ0n) is 15.3. The Hall–Kier alpha value is -3.42. The van der Waals surface area contributed by atoms with E-state index in [4.69, 9.17) is 19.5 Å². The zero-order chi connectivity index (χ0) is 21.3. The van der Waals surface area contributed by atoms with Gasteiger partial charge in [0.05, 0.1) is 33.0 Å². The van der Waals surface area contributed by atoms with E-state index in [9.17, 15) is 22.8 Å². The standard InChI is InChI=1S/C17H16F3N3O5/c1-8-10(7-21)16(15(25)22-8,17(18,19)20)23-14(24)9-5-11(26-2)13(28-4)12(6-9)27-3/h5-6H,1-4H3,(H,22,25)(H,23,24)/t16-/m1/s1. The lowest BCUT2D eigenvalue weighted by molar-refractivity contribution is -0.184. The molecule has 1 aromatic carbocycles. The molecule has 0 spiro atoms. The summed E-state index contributed by atoms with van der Waals surface area (Å²) in [7, 11) is 3.84. The summed E-state index contributed by atoms with van der Waals surface area (Å²) in [6.07, 6.45) is -5.27. The van der Waals surface area contributed by atoms with Crippen LogP contribution in [0.1, 0.15) is 17.3 Å². The van der Waals surface area contributed by atoms with Crippen molar-refractivity contribution in [3.8, 4) is 23.3 Å². The zero-order valence-corrected chi connectivity index (χ0v) is 15.3. The molecule has 1 aromatic rings. The SMILES string of the molecule is COc1cc(C(=O)N[C@@]2(C(F)(F)F)C(=O)NC(C)=C2C#N)cc(OC)c1OC. The molecule has 0 saturated heterocycles. The molecular formula is C17H16F3N3O5. The molecule has 0 fully saturated rings. The number of methoxy groups -OCH3 is 3. The van der Waals surface area contributed by atoms with E-state index in [1.165, 1.54) is 27.4 Å². The van der Waals surface area contributed by atoms with Crippen molar-refractivity contribution in [2.75, 3.05) is 21.3 Å². The first kappa shape index (κ1) is 20.9. The number of carbonyl (C=O) groups excluding carboxylic acids is 2. The molecule has 2 rings (SSSR count). The summed E-state index contributed by atoms with van der Waals surface area (Å²) in [4.78, 5) is 24.8. The van der Waals surface area contributed by atoms with Gasteiger partial charge >= 0.3 is 6.18 Å². The van der Waals surface area contributed by atoms with E-state index >= 15 is 0 Å². The number of ether oxygens (including phenoxy) is 3. The van der Waals surface area contributed by atoms with Gasteiger partial charge in [-0.1, -0.05) is 0 Å². The van der Waals surface area contributed by atoms with Crippen LogP contribution in [-0.2, 0) is 4.79 Å². The highest BCUT2D eigenvalue weighted by Crippen LogP contribution is 2.42. The maximum absolute atomic E-state index is 13.8. The number of carbonyl (C=O) groups is 2. The average molecular weight is 399 g/mol. The largest absolute Gasteiger partial charge is 0.493 e. The third kappa shape index (κ3) is 3.06. The number of benzene rings is 1. The first-order chi connectivity index (χ1) is 13.1. The summed E-state index contributed by atoms with van der Waals surface area (Å²) in [5.74, 6) is -2.67. The summed E-state index contributed by atoms with van der Waals surface area (Å²) in [5.41, 5.74) is -5.04. The lowest BCUT2D eigenvalue weighted by Crippen LogP contribution is -2.64. The molecule has 2 N–H and O–H groups in total. The molecule has 0 bridgehead atoms.